The van der Waals surface area contributed by atoms with Crippen molar-refractivity contribution in [2.75, 3.05) is 31.5 Å². The highest BCUT2D eigenvalue weighted by molar-refractivity contribution is 6.03. The maximum atomic E-state index is 12.3. The van der Waals surface area contributed by atoms with Crippen molar-refractivity contribution in [2.24, 2.45) is 7.05 Å². The Kier molecular flexibility index (Phi) is 6.08. The van der Waals surface area contributed by atoms with E-state index in [1.54, 1.807) is 0 Å². The predicted molar refractivity (Wildman–Crippen MR) is 117 cm³/mol. The largest absolute Gasteiger partial charge is 0.347 e. The minimum Gasteiger partial charge on any atom is -0.347 e. The van der Waals surface area contributed by atoms with E-state index in [-0.39, 0.29) is 5.91 Å². The molecule has 29 heavy (non-hydrogen) atoms. The number of piperazine rings is 1. The Labute approximate surface area is 172 Å². The first kappa shape index (κ1) is 19.4. The van der Waals surface area contributed by atoms with Crippen molar-refractivity contribution in [3.05, 3.63) is 89.7 Å². The van der Waals surface area contributed by atoms with Crippen molar-refractivity contribution in [1.82, 2.24) is 14.4 Å². The Morgan fingerprint density at radius 1 is 0.793 bits per heavy atom. The van der Waals surface area contributed by atoms with E-state index in [9.17, 15) is 4.79 Å². The Hall–Kier alpha value is -2.89. The van der Waals surface area contributed by atoms with Crippen LogP contribution in [-0.4, -0.2) is 46.5 Å². The van der Waals surface area contributed by atoms with Gasteiger partial charge in [0.25, 0.3) is 5.91 Å². The van der Waals surface area contributed by atoms with Crippen molar-refractivity contribution < 1.29 is 4.79 Å². The van der Waals surface area contributed by atoms with Crippen molar-refractivity contribution in [1.29, 1.82) is 0 Å². The van der Waals surface area contributed by atoms with Crippen LogP contribution in [0.15, 0.2) is 72.9 Å². The quantitative estimate of drug-likeness (QED) is 0.702. The molecule has 0 bridgehead atoms. The van der Waals surface area contributed by atoms with Crippen LogP contribution in [0.3, 0.4) is 0 Å². The Bertz CT molecular complexity index is 925. The lowest BCUT2D eigenvalue weighted by molar-refractivity contribution is 0.101. The normalized spacial score (nSPS) is 15.3. The molecule has 0 unspecified atom stereocenters. The first-order chi connectivity index (χ1) is 14.2. The molecule has 0 radical (unpaired) electrons. The molecule has 2 heterocycles. The minimum absolute atomic E-state index is 0.0835. The zero-order valence-electron chi connectivity index (χ0n) is 16.9. The molecule has 0 spiro atoms. The third kappa shape index (κ3) is 5.13. The van der Waals surface area contributed by atoms with Crippen LogP contribution < -0.4 is 5.32 Å². The number of amides is 1. The predicted octanol–water partition coefficient (Wildman–Crippen LogP) is 3.60. The van der Waals surface area contributed by atoms with Gasteiger partial charge >= 0.3 is 0 Å². The Morgan fingerprint density at radius 2 is 1.38 bits per heavy atom. The molecule has 1 amide bonds. The summed E-state index contributed by atoms with van der Waals surface area (Å²) in [5.74, 6) is -0.0835. The second kappa shape index (κ2) is 9.07. The van der Waals surface area contributed by atoms with Crippen LogP contribution in [-0.2, 0) is 20.1 Å². The Balaban J connectivity index is 1.25. The molecular formula is C24H28N4O. The van der Waals surface area contributed by atoms with Gasteiger partial charge in [0.15, 0.2) is 0 Å². The van der Waals surface area contributed by atoms with E-state index >= 15 is 0 Å². The third-order valence-corrected chi connectivity index (χ3v) is 5.51. The SMILES string of the molecule is Cn1cccc1C(=O)Nc1ccc(CN2CCN(Cc3ccccc3)CC2)cc1. The van der Waals surface area contributed by atoms with Crippen molar-refractivity contribution in [2.45, 2.75) is 13.1 Å². The number of nitrogens with zero attached hydrogens (tertiary/aromatic N) is 3. The smallest absolute Gasteiger partial charge is 0.272 e. The molecule has 0 saturated carbocycles. The van der Waals surface area contributed by atoms with E-state index in [1.807, 2.05) is 42.1 Å². The highest BCUT2D eigenvalue weighted by Gasteiger charge is 2.17. The van der Waals surface area contributed by atoms with Crippen LogP contribution >= 0.6 is 0 Å². The molecule has 5 nitrogen and oxygen atoms in total. The fourth-order valence-electron chi connectivity index (χ4n) is 3.79. The highest BCUT2D eigenvalue weighted by atomic mass is 16.1. The van der Waals surface area contributed by atoms with Gasteiger partial charge in [-0.15, -0.1) is 0 Å². The standard InChI is InChI=1S/C24H28N4O/c1-26-13-5-8-23(26)24(29)25-22-11-9-21(10-12-22)19-28-16-14-27(15-17-28)18-20-6-3-2-4-7-20/h2-13H,14-19H2,1H3,(H,25,29). The number of rotatable bonds is 6. The van der Waals surface area contributed by atoms with Crippen molar-refractivity contribution in [3.63, 3.8) is 0 Å². The number of hydrogen-bond donors (Lipinski definition) is 1. The number of hydrogen-bond acceptors (Lipinski definition) is 3. The monoisotopic (exact) mass is 388 g/mol. The first-order valence-electron chi connectivity index (χ1n) is 10.2. The first-order valence-corrected chi connectivity index (χ1v) is 10.2. The molecular weight excluding hydrogens is 360 g/mol. The van der Waals surface area contributed by atoms with Crippen LogP contribution in [0, 0.1) is 0 Å². The van der Waals surface area contributed by atoms with Gasteiger partial charge in [0.2, 0.25) is 0 Å². The molecule has 1 aromatic heterocycles. The van der Waals surface area contributed by atoms with E-state index in [0.29, 0.717) is 5.69 Å². The molecule has 3 aromatic rings. The second-order valence-corrected chi connectivity index (χ2v) is 7.69. The van der Waals surface area contributed by atoms with Gasteiger partial charge in [-0.1, -0.05) is 42.5 Å². The van der Waals surface area contributed by atoms with Gasteiger partial charge in [-0.3, -0.25) is 14.6 Å². The number of carbonyl (C=O) groups excluding carboxylic acids is 1. The third-order valence-electron chi connectivity index (χ3n) is 5.51. The highest BCUT2D eigenvalue weighted by Crippen LogP contribution is 2.15. The number of carbonyl (C=O) groups is 1. The molecule has 0 aliphatic carbocycles. The summed E-state index contributed by atoms with van der Waals surface area (Å²) in [6.07, 6.45) is 1.87. The van der Waals surface area contributed by atoms with E-state index in [1.165, 1.54) is 11.1 Å². The van der Waals surface area contributed by atoms with Crippen LogP contribution in [0.25, 0.3) is 0 Å². The van der Waals surface area contributed by atoms with E-state index in [2.05, 4.69) is 57.6 Å². The molecule has 1 saturated heterocycles. The van der Waals surface area contributed by atoms with Crippen LogP contribution in [0.1, 0.15) is 21.6 Å². The lowest BCUT2D eigenvalue weighted by atomic mass is 10.1. The molecule has 1 fully saturated rings. The van der Waals surface area contributed by atoms with Gasteiger partial charge in [-0.05, 0) is 35.4 Å². The van der Waals surface area contributed by atoms with Gasteiger partial charge < -0.3 is 9.88 Å². The zero-order chi connectivity index (χ0) is 20.1. The summed E-state index contributed by atoms with van der Waals surface area (Å²) in [6, 6.07) is 22.6. The van der Waals surface area contributed by atoms with Crippen molar-refractivity contribution in [3.8, 4) is 0 Å². The topological polar surface area (TPSA) is 40.5 Å². The summed E-state index contributed by atoms with van der Waals surface area (Å²) >= 11 is 0. The van der Waals surface area contributed by atoms with Crippen LogP contribution in [0.5, 0.6) is 0 Å². The summed E-state index contributed by atoms with van der Waals surface area (Å²) in [6.45, 7) is 6.34. The number of nitrogens with one attached hydrogen (secondary N) is 1. The maximum Gasteiger partial charge on any atom is 0.272 e. The van der Waals surface area contributed by atoms with E-state index in [4.69, 9.17) is 0 Å². The lowest BCUT2D eigenvalue weighted by Crippen LogP contribution is -2.45. The molecule has 0 atom stereocenters. The van der Waals surface area contributed by atoms with Gasteiger partial charge in [0.05, 0.1) is 0 Å². The average molecular weight is 389 g/mol. The minimum atomic E-state index is -0.0835. The van der Waals surface area contributed by atoms with E-state index < -0.39 is 0 Å². The second-order valence-electron chi connectivity index (χ2n) is 7.69. The number of benzene rings is 2. The molecule has 1 aliphatic rings. The van der Waals surface area contributed by atoms with Gasteiger partial charge in [-0.2, -0.15) is 0 Å². The Morgan fingerprint density at radius 3 is 1.93 bits per heavy atom. The van der Waals surface area contributed by atoms with Crippen molar-refractivity contribution >= 4 is 11.6 Å². The molecule has 1 aliphatic heterocycles. The maximum absolute atomic E-state index is 12.3. The average Bonchev–Trinajstić information content (AvgIpc) is 3.18. The van der Waals surface area contributed by atoms with Gasteiger partial charge in [-0.25, -0.2) is 0 Å². The number of aromatic nitrogens is 1. The molecule has 5 heteroatoms. The fraction of sp³-hybridized carbons (Fsp3) is 0.292. The van der Waals surface area contributed by atoms with Crippen LogP contribution in [0.2, 0.25) is 0 Å². The molecule has 2 aromatic carbocycles. The zero-order valence-corrected chi connectivity index (χ0v) is 16.9. The number of anilines is 1. The molecule has 1 N–H and O–H groups in total. The summed E-state index contributed by atoms with van der Waals surface area (Å²) in [5, 5.41) is 2.96. The van der Waals surface area contributed by atoms with Crippen LogP contribution in [0.4, 0.5) is 5.69 Å². The summed E-state index contributed by atoms with van der Waals surface area (Å²) < 4.78 is 1.82. The van der Waals surface area contributed by atoms with E-state index in [0.717, 1.165) is 45.0 Å². The molecule has 4 rings (SSSR count). The van der Waals surface area contributed by atoms with Gasteiger partial charge in [0.1, 0.15) is 5.69 Å². The van der Waals surface area contributed by atoms with Gasteiger partial charge in [0, 0.05) is 58.2 Å². The number of aryl methyl sites for hydroxylation is 1. The lowest BCUT2D eigenvalue weighted by Gasteiger charge is -2.34. The summed E-state index contributed by atoms with van der Waals surface area (Å²) in [4.78, 5) is 17.3. The fourth-order valence-corrected chi connectivity index (χ4v) is 3.79. The molecule has 150 valence electrons. The summed E-state index contributed by atoms with van der Waals surface area (Å²) in [7, 11) is 1.87. The summed E-state index contributed by atoms with van der Waals surface area (Å²) in [5.41, 5.74) is 4.14.